The van der Waals surface area contributed by atoms with Crippen molar-refractivity contribution in [3.8, 4) is 0 Å². The molecular weight excluding hydrogens is 302 g/mol. The maximum absolute atomic E-state index is 6.25. The molecule has 4 heteroatoms. The monoisotopic (exact) mass is 323 g/mol. The third-order valence-corrected chi connectivity index (χ3v) is 3.75. The van der Waals surface area contributed by atoms with E-state index in [1.807, 2.05) is 12.1 Å². The molecule has 0 aliphatic rings. The van der Waals surface area contributed by atoms with Crippen LogP contribution in [-0.4, -0.2) is 15.6 Å². The summed E-state index contributed by atoms with van der Waals surface area (Å²) in [4.78, 5) is 4.70. The van der Waals surface area contributed by atoms with Crippen molar-refractivity contribution in [3.63, 3.8) is 0 Å². The summed E-state index contributed by atoms with van der Waals surface area (Å²) in [5, 5.41) is 0. The lowest BCUT2D eigenvalue weighted by Crippen LogP contribution is -2.29. The van der Waals surface area contributed by atoms with Gasteiger partial charge in [-0.15, -0.1) is 0 Å². The van der Waals surface area contributed by atoms with Crippen LogP contribution in [0.2, 0.25) is 0 Å². The number of hydrogen-bond donors (Lipinski definition) is 1. The number of benzene rings is 1. The van der Waals surface area contributed by atoms with Crippen LogP contribution in [-0.2, 0) is 13.5 Å². The van der Waals surface area contributed by atoms with Gasteiger partial charge in [-0.3, -0.25) is 0 Å². The SMILES string of the molecule is Cn1c(CC(N)CC(C)(C)C)nc2cc(Br)ccc21. The molecule has 2 aromatic rings. The fourth-order valence-electron chi connectivity index (χ4n) is 2.50. The molecule has 1 aromatic carbocycles. The van der Waals surface area contributed by atoms with E-state index in [-0.39, 0.29) is 11.5 Å². The summed E-state index contributed by atoms with van der Waals surface area (Å²) < 4.78 is 3.20. The molecule has 1 unspecified atom stereocenters. The summed E-state index contributed by atoms with van der Waals surface area (Å²) in [5.41, 5.74) is 8.68. The first kappa shape index (κ1) is 14.5. The molecule has 1 heterocycles. The second-order valence-electron chi connectivity index (χ2n) is 6.45. The normalized spacial score (nSPS) is 14.0. The lowest BCUT2D eigenvalue weighted by atomic mass is 9.87. The van der Waals surface area contributed by atoms with Crippen molar-refractivity contribution >= 4 is 27.0 Å². The standard InChI is InChI=1S/C15H22BrN3/c1-15(2,3)9-11(17)8-14-18-12-7-10(16)5-6-13(12)19(14)4/h5-7,11H,8-9,17H2,1-4H3. The first-order valence-electron chi connectivity index (χ1n) is 6.63. The van der Waals surface area contributed by atoms with Crippen molar-refractivity contribution < 1.29 is 0 Å². The third kappa shape index (κ3) is 3.57. The highest BCUT2D eigenvalue weighted by molar-refractivity contribution is 9.10. The maximum atomic E-state index is 6.25. The summed E-state index contributed by atoms with van der Waals surface area (Å²) >= 11 is 3.48. The van der Waals surface area contributed by atoms with Crippen LogP contribution in [0.1, 0.15) is 33.0 Å². The molecule has 2 rings (SSSR count). The molecule has 0 saturated heterocycles. The van der Waals surface area contributed by atoms with Crippen molar-refractivity contribution in [2.75, 3.05) is 0 Å². The summed E-state index contributed by atoms with van der Waals surface area (Å²) in [6.07, 6.45) is 1.82. The van der Waals surface area contributed by atoms with E-state index >= 15 is 0 Å². The van der Waals surface area contributed by atoms with E-state index in [1.54, 1.807) is 0 Å². The molecule has 19 heavy (non-hydrogen) atoms. The average Bonchev–Trinajstić information content (AvgIpc) is 2.52. The van der Waals surface area contributed by atoms with E-state index in [1.165, 1.54) is 0 Å². The van der Waals surface area contributed by atoms with Crippen molar-refractivity contribution in [3.05, 3.63) is 28.5 Å². The number of hydrogen-bond acceptors (Lipinski definition) is 2. The molecule has 0 amide bonds. The fraction of sp³-hybridized carbons (Fsp3) is 0.533. The molecule has 1 aromatic heterocycles. The Morgan fingerprint density at radius 3 is 2.68 bits per heavy atom. The highest BCUT2D eigenvalue weighted by Crippen LogP contribution is 2.23. The van der Waals surface area contributed by atoms with Gasteiger partial charge in [0.25, 0.3) is 0 Å². The lowest BCUT2D eigenvalue weighted by Gasteiger charge is -2.22. The third-order valence-electron chi connectivity index (χ3n) is 3.25. The molecule has 2 N–H and O–H groups in total. The van der Waals surface area contributed by atoms with Gasteiger partial charge in [0.05, 0.1) is 11.0 Å². The quantitative estimate of drug-likeness (QED) is 0.937. The van der Waals surface area contributed by atoms with E-state index in [9.17, 15) is 0 Å². The zero-order chi connectivity index (χ0) is 14.2. The van der Waals surface area contributed by atoms with E-state index in [0.29, 0.717) is 0 Å². The molecule has 0 bridgehead atoms. The Kier molecular flexibility index (Phi) is 4.02. The van der Waals surface area contributed by atoms with Crippen LogP contribution in [0.5, 0.6) is 0 Å². The maximum Gasteiger partial charge on any atom is 0.111 e. The van der Waals surface area contributed by atoms with Crippen LogP contribution in [0, 0.1) is 5.41 Å². The molecule has 0 aliphatic carbocycles. The molecule has 0 saturated carbocycles. The zero-order valence-electron chi connectivity index (χ0n) is 12.1. The van der Waals surface area contributed by atoms with Crippen molar-refractivity contribution in [2.45, 2.75) is 39.7 Å². The number of halogens is 1. The van der Waals surface area contributed by atoms with E-state index in [4.69, 9.17) is 10.7 Å². The Morgan fingerprint density at radius 1 is 1.37 bits per heavy atom. The summed E-state index contributed by atoms with van der Waals surface area (Å²) in [6.45, 7) is 6.66. The number of aromatic nitrogens is 2. The number of imidazole rings is 1. The van der Waals surface area contributed by atoms with Gasteiger partial charge in [0.2, 0.25) is 0 Å². The van der Waals surface area contributed by atoms with Crippen LogP contribution in [0.15, 0.2) is 22.7 Å². The van der Waals surface area contributed by atoms with Gasteiger partial charge in [0.1, 0.15) is 5.82 Å². The predicted octanol–water partition coefficient (Wildman–Crippen LogP) is 3.64. The minimum atomic E-state index is 0.152. The number of fused-ring (bicyclic) bond motifs is 1. The predicted molar refractivity (Wildman–Crippen MR) is 84.2 cm³/mol. The van der Waals surface area contributed by atoms with Crippen LogP contribution < -0.4 is 5.73 Å². The second kappa shape index (κ2) is 5.25. The van der Waals surface area contributed by atoms with Crippen molar-refractivity contribution in [1.82, 2.24) is 9.55 Å². The molecule has 3 nitrogen and oxygen atoms in total. The van der Waals surface area contributed by atoms with Gasteiger partial charge in [-0.05, 0) is 30.0 Å². The Labute approximate surface area is 123 Å². The summed E-state index contributed by atoms with van der Waals surface area (Å²) in [5.74, 6) is 1.06. The average molecular weight is 324 g/mol. The largest absolute Gasteiger partial charge is 0.331 e. The minimum Gasteiger partial charge on any atom is -0.331 e. The Balaban J connectivity index is 2.23. The lowest BCUT2D eigenvalue weighted by molar-refractivity contribution is 0.335. The van der Waals surface area contributed by atoms with Crippen LogP contribution in [0.3, 0.4) is 0 Å². The topological polar surface area (TPSA) is 43.8 Å². The first-order chi connectivity index (χ1) is 8.76. The number of nitrogens with zero attached hydrogens (tertiary/aromatic N) is 2. The van der Waals surface area contributed by atoms with Gasteiger partial charge < -0.3 is 10.3 Å². The van der Waals surface area contributed by atoms with Crippen LogP contribution in [0.4, 0.5) is 0 Å². The fourth-order valence-corrected chi connectivity index (χ4v) is 2.85. The van der Waals surface area contributed by atoms with Gasteiger partial charge in [0.15, 0.2) is 0 Å². The second-order valence-corrected chi connectivity index (χ2v) is 7.36. The van der Waals surface area contributed by atoms with Gasteiger partial charge in [0, 0.05) is 24.0 Å². The Hall–Kier alpha value is -0.870. The molecule has 0 fully saturated rings. The smallest absolute Gasteiger partial charge is 0.111 e. The Morgan fingerprint density at radius 2 is 2.05 bits per heavy atom. The Bertz CT molecular complexity index is 581. The van der Waals surface area contributed by atoms with E-state index in [0.717, 1.165) is 34.2 Å². The number of aryl methyl sites for hydroxylation is 1. The molecule has 1 atom stereocenters. The molecule has 0 radical (unpaired) electrons. The highest BCUT2D eigenvalue weighted by Gasteiger charge is 2.18. The van der Waals surface area contributed by atoms with Crippen molar-refractivity contribution in [1.29, 1.82) is 0 Å². The van der Waals surface area contributed by atoms with Crippen LogP contribution >= 0.6 is 15.9 Å². The number of nitrogens with two attached hydrogens (primary N) is 1. The van der Waals surface area contributed by atoms with Gasteiger partial charge in [-0.2, -0.15) is 0 Å². The summed E-state index contributed by atoms with van der Waals surface area (Å²) in [6, 6.07) is 6.33. The van der Waals surface area contributed by atoms with E-state index in [2.05, 4.69) is 54.4 Å². The molecule has 0 aliphatic heterocycles. The van der Waals surface area contributed by atoms with Gasteiger partial charge >= 0.3 is 0 Å². The van der Waals surface area contributed by atoms with Crippen LogP contribution in [0.25, 0.3) is 11.0 Å². The van der Waals surface area contributed by atoms with Gasteiger partial charge in [-0.25, -0.2) is 4.98 Å². The molecule has 0 spiro atoms. The highest BCUT2D eigenvalue weighted by atomic mass is 79.9. The number of rotatable bonds is 3. The first-order valence-corrected chi connectivity index (χ1v) is 7.42. The van der Waals surface area contributed by atoms with E-state index < -0.39 is 0 Å². The van der Waals surface area contributed by atoms with Gasteiger partial charge in [-0.1, -0.05) is 36.7 Å². The summed E-state index contributed by atoms with van der Waals surface area (Å²) in [7, 11) is 2.06. The molecular formula is C15H22BrN3. The van der Waals surface area contributed by atoms with Crippen molar-refractivity contribution in [2.24, 2.45) is 18.2 Å². The minimum absolute atomic E-state index is 0.152. The molecule has 104 valence electrons. The zero-order valence-corrected chi connectivity index (χ0v) is 13.7.